The van der Waals surface area contributed by atoms with Gasteiger partial charge in [-0.2, -0.15) is 0 Å². The number of carbonyl (C=O) groups excluding carboxylic acids is 1. The van der Waals surface area contributed by atoms with Crippen LogP contribution >= 0.6 is 43.5 Å². The molecule has 1 aliphatic rings. The molecule has 2 rings (SSSR count). The van der Waals surface area contributed by atoms with Crippen LogP contribution in [-0.2, 0) is 0 Å². The lowest BCUT2D eigenvalue weighted by atomic mass is 9.89. The van der Waals surface area contributed by atoms with Gasteiger partial charge in [0.2, 0.25) is 0 Å². The van der Waals surface area contributed by atoms with Crippen molar-refractivity contribution in [1.29, 1.82) is 0 Å². The third-order valence-electron chi connectivity index (χ3n) is 3.45. The summed E-state index contributed by atoms with van der Waals surface area (Å²) in [5, 5.41) is 3.63. The van der Waals surface area contributed by atoms with Crippen LogP contribution in [0.2, 0.25) is 5.02 Å². The Kier molecular flexibility index (Phi) is 5.72. The number of hydrogen-bond acceptors (Lipinski definition) is 1. The summed E-state index contributed by atoms with van der Waals surface area (Å²) in [6.45, 7) is 0.751. The second-order valence-electron chi connectivity index (χ2n) is 4.97. The highest BCUT2D eigenvalue weighted by Gasteiger charge is 2.20. The largest absolute Gasteiger partial charge is 0.352 e. The summed E-state index contributed by atoms with van der Waals surface area (Å²) in [6.07, 6.45) is 4.83. The number of benzene rings is 1. The van der Waals surface area contributed by atoms with E-state index >= 15 is 0 Å². The van der Waals surface area contributed by atoms with Crippen molar-refractivity contribution in [1.82, 2.24) is 5.32 Å². The standard InChI is InChI=1S/C14H16Br2ClNO/c15-11-3-1-2-9(6-11)8-18-14(19)10-4-5-13(17)12(16)7-10/h4-5,7,9,11H,1-3,6,8H2,(H,18,19). The molecule has 1 aromatic carbocycles. The van der Waals surface area contributed by atoms with E-state index in [-0.39, 0.29) is 5.91 Å². The van der Waals surface area contributed by atoms with Gasteiger partial charge in [-0.05, 0) is 59.3 Å². The van der Waals surface area contributed by atoms with E-state index < -0.39 is 0 Å². The lowest BCUT2D eigenvalue weighted by Gasteiger charge is -2.25. The van der Waals surface area contributed by atoms with Crippen LogP contribution in [0.5, 0.6) is 0 Å². The van der Waals surface area contributed by atoms with Crippen molar-refractivity contribution in [3.8, 4) is 0 Å². The van der Waals surface area contributed by atoms with E-state index in [1.807, 2.05) is 0 Å². The molecule has 0 saturated heterocycles. The van der Waals surface area contributed by atoms with E-state index in [9.17, 15) is 4.79 Å². The third-order valence-corrected chi connectivity index (χ3v) is 5.50. The first-order valence-electron chi connectivity index (χ1n) is 6.43. The van der Waals surface area contributed by atoms with Gasteiger partial charge in [-0.15, -0.1) is 0 Å². The molecule has 0 aromatic heterocycles. The lowest BCUT2D eigenvalue weighted by molar-refractivity contribution is 0.0944. The minimum Gasteiger partial charge on any atom is -0.352 e. The van der Waals surface area contributed by atoms with E-state index in [0.29, 0.717) is 21.3 Å². The van der Waals surface area contributed by atoms with Crippen molar-refractivity contribution in [3.63, 3.8) is 0 Å². The normalized spacial score (nSPS) is 23.1. The van der Waals surface area contributed by atoms with Crippen molar-refractivity contribution in [3.05, 3.63) is 33.3 Å². The highest BCUT2D eigenvalue weighted by molar-refractivity contribution is 9.10. The summed E-state index contributed by atoms with van der Waals surface area (Å²) in [5.74, 6) is 0.548. The number of alkyl halides is 1. The Morgan fingerprint density at radius 3 is 2.89 bits per heavy atom. The number of halogens is 3. The molecule has 0 heterocycles. The fourth-order valence-corrected chi connectivity index (χ4v) is 3.74. The van der Waals surface area contributed by atoms with Gasteiger partial charge < -0.3 is 5.32 Å². The maximum atomic E-state index is 12.0. The maximum absolute atomic E-state index is 12.0. The van der Waals surface area contributed by atoms with Crippen molar-refractivity contribution in [2.75, 3.05) is 6.54 Å². The summed E-state index contributed by atoms with van der Waals surface area (Å²) in [4.78, 5) is 12.7. The van der Waals surface area contributed by atoms with Crippen LogP contribution in [0, 0.1) is 5.92 Å². The minimum atomic E-state index is -0.0333. The average molecular weight is 410 g/mol. The van der Waals surface area contributed by atoms with Crippen molar-refractivity contribution >= 4 is 49.4 Å². The molecule has 1 aromatic rings. The molecule has 2 unspecified atom stereocenters. The summed E-state index contributed by atoms with van der Waals surface area (Å²) in [5.41, 5.74) is 0.641. The number of amides is 1. The molecule has 0 radical (unpaired) electrons. The Bertz CT molecular complexity index is 467. The van der Waals surface area contributed by atoms with Gasteiger partial charge in [-0.25, -0.2) is 0 Å². The quantitative estimate of drug-likeness (QED) is 0.715. The average Bonchev–Trinajstić information content (AvgIpc) is 2.39. The Hall–Kier alpha value is -0.0600. The lowest BCUT2D eigenvalue weighted by Crippen LogP contribution is -2.31. The SMILES string of the molecule is O=C(NCC1CCCC(Br)C1)c1ccc(Cl)c(Br)c1. The first-order valence-corrected chi connectivity index (χ1v) is 8.52. The van der Waals surface area contributed by atoms with Gasteiger partial charge in [0, 0.05) is 21.4 Å². The van der Waals surface area contributed by atoms with Crippen LogP contribution in [0.25, 0.3) is 0 Å². The number of hydrogen-bond donors (Lipinski definition) is 1. The number of carbonyl (C=O) groups is 1. The summed E-state index contributed by atoms with van der Waals surface area (Å²) in [6, 6.07) is 5.23. The predicted molar refractivity (Wildman–Crippen MR) is 86.2 cm³/mol. The molecule has 1 fully saturated rings. The summed E-state index contributed by atoms with van der Waals surface area (Å²) >= 11 is 12.9. The van der Waals surface area contributed by atoms with Gasteiger partial charge in [0.05, 0.1) is 5.02 Å². The first-order chi connectivity index (χ1) is 9.06. The summed E-state index contributed by atoms with van der Waals surface area (Å²) in [7, 11) is 0. The van der Waals surface area contributed by atoms with Crippen LogP contribution in [0.4, 0.5) is 0 Å². The van der Waals surface area contributed by atoms with Crippen LogP contribution in [0.15, 0.2) is 22.7 Å². The molecule has 19 heavy (non-hydrogen) atoms. The predicted octanol–water partition coefficient (Wildman–Crippen LogP) is 4.79. The monoisotopic (exact) mass is 407 g/mol. The van der Waals surface area contributed by atoms with E-state index in [1.165, 1.54) is 19.3 Å². The van der Waals surface area contributed by atoms with E-state index in [2.05, 4.69) is 37.2 Å². The third kappa shape index (κ3) is 4.47. The first kappa shape index (κ1) is 15.3. The molecule has 1 N–H and O–H groups in total. The zero-order chi connectivity index (χ0) is 13.8. The van der Waals surface area contributed by atoms with Crippen molar-refractivity contribution < 1.29 is 4.79 Å². The second kappa shape index (κ2) is 7.09. The highest BCUT2D eigenvalue weighted by Crippen LogP contribution is 2.28. The highest BCUT2D eigenvalue weighted by atomic mass is 79.9. The molecule has 2 atom stereocenters. The molecule has 0 bridgehead atoms. The van der Waals surface area contributed by atoms with Crippen LogP contribution in [0.3, 0.4) is 0 Å². The van der Waals surface area contributed by atoms with Gasteiger partial charge in [0.25, 0.3) is 5.91 Å². The molecule has 0 spiro atoms. The van der Waals surface area contributed by atoms with Crippen molar-refractivity contribution in [2.24, 2.45) is 5.92 Å². The molecule has 104 valence electrons. The topological polar surface area (TPSA) is 29.1 Å². The van der Waals surface area contributed by atoms with Gasteiger partial charge >= 0.3 is 0 Å². The molecule has 1 saturated carbocycles. The fraction of sp³-hybridized carbons (Fsp3) is 0.500. The van der Waals surface area contributed by atoms with Crippen LogP contribution < -0.4 is 5.32 Å². The number of rotatable bonds is 3. The van der Waals surface area contributed by atoms with Gasteiger partial charge in [0.15, 0.2) is 0 Å². The van der Waals surface area contributed by atoms with Gasteiger partial charge in [0.1, 0.15) is 0 Å². The zero-order valence-electron chi connectivity index (χ0n) is 10.5. The van der Waals surface area contributed by atoms with E-state index in [1.54, 1.807) is 18.2 Å². The molecule has 2 nitrogen and oxygen atoms in total. The van der Waals surface area contributed by atoms with Gasteiger partial charge in [-0.1, -0.05) is 34.0 Å². The second-order valence-corrected chi connectivity index (χ2v) is 7.53. The molecule has 1 amide bonds. The summed E-state index contributed by atoms with van der Waals surface area (Å²) < 4.78 is 0.750. The molecular weight excluding hydrogens is 393 g/mol. The molecule has 0 aliphatic heterocycles. The van der Waals surface area contributed by atoms with Crippen molar-refractivity contribution in [2.45, 2.75) is 30.5 Å². The Morgan fingerprint density at radius 2 is 2.21 bits per heavy atom. The zero-order valence-corrected chi connectivity index (χ0v) is 14.4. The Labute approximate surface area is 135 Å². The smallest absolute Gasteiger partial charge is 0.251 e. The Balaban J connectivity index is 1.88. The maximum Gasteiger partial charge on any atom is 0.251 e. The molecule has 5 heteroatoms. The molecular formula is C14H16Br2ClNO. The number of nitrogens with one attached hydrogen (secondary N) is 1. The van der Waals surface area contributed by atoms with Gasteiger partial charge in [-0.3, -0.25) is 4.79 Å². The van der Waals surface area contributed by atoms with E-state index in [4.69, 9.17) is 11.6 Å². The Morgan fingerprint density at radius 1 is 1.42 bits per heavy atom. The minimum absolute atomic E-state index is 0.0333. The van der Waals surface area contributed by atoms with Crippen LogP contribution in [-0.4, -0.2) is 17.3 Å². The van der Waals surface area contributed by atoms with E-state index in [0.717, 1.165) is 17.4 Å². The fourth-order valence-electron chi connectivity index (χ4n) is 2.39. The van der Waals surface area contributed by atoms with Crippen LogP contribution in [0.1, 0.15) is 36.0 Å². The molecule has 1 aliphatic carbocycles.